The second-order valence-electron chi connectivity index (χ2n) is 18.6. The summed E-state index contributed by atoms with van der Waals surface area (Å²) >= 11 is 5.69. The van der Waals surface area contributed by atoms with E-state index in [0.29, 0.717) is 28.3 Å². The Kier molecular flexibility index (Phi) is 27.0. The fourth-order valence-corrected chi connectivity index (χ4v) is 6.21. The van der Waals surface area contributed by atoms with Crippen molar-refractivity contribution in [2.45, 2.75) is 126 Å². The van der Waals surface area contributed by atoms with Crippen molar-refractivity contribution in [2.24, 2.45) is 0 Å². The van der Waals surface area contributed by atoms with Crippen LogP contribution < -0.4 is 32.7 Å². The molecule has 0 aromatic carbocycles. The van der Waals surface area contributed by atoms with Gasteiger partial charge in [0.25, 0.3) is 5.56 Å². The summed E-state index contributed by atoms with van der Waals surface area (Å²) in [7, 11) is 0. The van der Waals surface area contributed by atoms with Crippen molar-refractivity contribution in [2.75, 3.05) is 0 Å². The van der Waals surface area contributed by atoms with Gasteiger partial charge < -0.3 is 65.9 Å². The smallest absolute Gasteiger partial charge is 0.290 e. The number of halogens is 1. The molecule has 21 nitrogen and oxygen atoms in total. The molecule has 0 fully saturated rings. The van der Waals surface area contributed by atoms with Gasteiger partial charge in [0.1, 0.15) is 10.8 Å². The molecular formula is C54H72ClN7O14. The predicted molar refractivity (Wildman–Crippen MR) is 293 cm³/mol. The van der Waals surface area contributed by atoms with Crippen molar-refractivity contribution in [3.05, 3.63) is 192 Å². The minimum Gasteiger partial charge on any atom is -0.506 e. The van der Waals surface area contributed by atoms with E-state index in [1.807, 2.05) is 83.1 Å². The Hall–Kier alpha value is -8.46. The van der Waals surface area contributed by atoms with E-state index in [-0.39, 0.29) is 91.3 Å². The number of hydrogen-bond acceptors (Lipinski definition) is 15. The maximum atomic E-state index is 11.1. The number of pyridine rings is 7. The van der Waals surface area contributed by atoms with Gasteiger partial charge in [0.05, 0.1) is 23.3 Å². The first-order chi connectivity index (χ1) is 35.3. The third-order valence-electron chi connectivity index (χ3n) is 10.4. The summed E-state index contributed by atoms with van der Waals surface area (Å²) < 4.78 is 0.765. The molecule has 0 saturated carbocycles. The molecule has 0 aliphatic rings. The maximum Gasteiger partial charge on any atom is 0.290 e. The average molecular weight is 1080 g/mol. The molecule has 7 rings (SSSR count). The Morgan fingerprint density at radius 2 is 1.09 bits per heavy atom. The lowest BCUT2D eigenvalue weighted by Gasteiger charge is -2.09. The van der Waals surface area contributed by atoms with Gasteiger partial charge in [0.15, 0.2) is 34.5 Å². The number of H-pyrrole nitrogens is 5. The number of aryl methyl sites for hydroxylation is 1. The maximum absolute atomic E-state index is 11.1. The first kappa shape index (κ1) is 65.6. The molecule has 0 bridgehead atoms. The van der Waals surface area contributed by atoms with Crippen LogP contribution in [0.1, 0.15) is 158 Å². The second kappa shape index (κ2) is 31.3. The molecule has 0 aliphatic carbocycles. The van der Waals surface area contributed by atoms with Gasteiger partial charge in [0, 0.05) is 78.0 Å². The molecule has 7 aromatic rings. The SMILES string of the molecule is CC(C)c1[nH]cc(O)c(=O)c1Cl.CC(C)c1[nH]ccc(=O)c1O.CC(C)c1c[nH]cc(O)c1=O.CC(C)c1cc(=O)c(O)c[nH]1.CC(C)c1cc(=O)c(O)cn1O.CC(C)c1ccc(O)c(=O)[nH]1.Cc1ncccc1O. The summed E-state index contributed by atoms with van der Waals surface area (Å²) in [4.78, 5) is 83.3. The van der Waals surface area contributed by atoms with Crippen LogP contribution in [0.2, 0.25) is 5.02 Å². The van der Waals surface area contributed by atoms with Gasteiger partial charge in [-0.25, -0.2) is 0 Å². The van der Waals surface area contributed by atoms with Crippen LogP contribution in [0.15, 0.2) is 115 Å². The van der Waals surface area contributed by atoms with Gasteiger partial charge in [-0.3, -0.25) is 33.8 Å². The highest BCUT2D eigenvalue weighted by atomic mass is 35.5. The zero-order valence-electron chi connectivity index (χ0n) is 44.8. The molecule has 414 valence electrons. The van der Waals surface area contributed by atoms with Crippen LogP contribution in [0.3, 0.4) is 0 Å². The van der Waals surface area contributed by atoms with Crippen molar-refractivity contribution < 1.29 is 41.0 Å². The first-order valence-electron chi connectivity index (χ1n) is 23.8. The molecular weight excluding hydrogens is 1010 g/mol. The van der Waals surface area contributed by atoms with Crippen molar-refractivity contribution in [3.8, 4) is 40.2 Å². The highest BCUT2D eigenvalue weighted by Crippen LogP contribution is 2.21. The molecule has 0 unspecified atom stereocenters. The Morgan fingerprint density at radius 3 is 1.55 bits per heavy atom. The van der Waals surface area contributed by atoms with E-state index in [4.69, 9.17) is 42.2 Å². The number of aromatic amines is 5. The van der Waals surface area contributed by atoms with E-state index in [2.05, 4.69) is 29.9 Å². The molecule has 0 atom stereocenters. The molecule has 0 aliphatic heterocycles. The number of hydrogen-bond donors (Lipinski definition) is 13. The van der Waals surface area contributed by atoms with Gasteiger partial charge in [0.2, 0.25) is 27.1 Å². The van der Waals surface area contributed by atoms with Crippen molar-refractivity contribution >= 4 is 11.6 Å². The van der Waals surface area contributed by atoms with E-state index in [1.165, 1.54) is 49.1 Å². The summed E-state index contributed by atoms with van der Waals surface area (Å²) in [5.74, 6) is -0.322. The van der Waals surface area contributed by atoms with Crippen LogP contribution in [0.5, 0.6) is 40.2 Å². The lowest BCUT2D eigenvalue weighted by Crippen LogP contribution is -2.10. The predicted octanol–water partition coefficient (Wildman–Crippen LogP) is 8.68. The van der Waals surface area contributed by atoms with Crippen LogP contribution in [0, 0.1) is 6.92 Å². The van der Waals surface area contributed by atoms with Crippen LogP contribution in [0.25, 0.3) is 0 Å². The van der Waals surface area contributed by atoms with Gasteiger partial charge in [-0.05, 0) is 66.7 Å². The van der Waals surface area contributed by atoms with Crippen LogP contribution in [0.4, 0.5) is 0 Å². The van der Waals surface area contributed by atoms with Crippen molar-refractivity contribution in [1.29, 1.82) is 0 Å². The largest absolute Gasteiger partial charge is 0.506 e. The fourth-order valence-electron chi connectivity index (χ4n) is 5.84. The third-order valence-corrected chi connectivity index (χ3v) is 10.8. The van der Waals surface area contributed by atoms with E-state index in [9.17, 15) is 39.1 Å². The summed E-state index contributed by atoms with van der Waals surface area (Å²) in [5, 5.41) is 72.0. The normalized spacial score (nSPS) is 10.4. The standard InChI is InChI=1S/C8H10ClNO2.C8H11NO3.4C8H11NO2.C6H7NO/c1-4(2)7-6(9)8(12)5(11)3-10-7;1-5(2)6-3-7(10)8(11)4-9(6)12;1-5(2)6-3-9-4-7(10)8(6)11;1-5(2)6-3-7(10)8(11)4-9-6;1-5(2)7-8(11)6(10)3-4-9-7;1-5(2)6-3-4-7(10)8(11)9-6;1-5-6(8)3-2-4-7-5/h3-4,11H,1-2H3,(H,10,12);3-5,11-12H,1-2H3;3-5,10H,1-2H3,(H,9,11);2*3-5,11H,1-2H3,(H,9,10);3-5,10H,1-2H3,(H,9,11);2-4,8H,1H3. The first-order valence-corrected chi connectivity index (χ1v) is 24.2. The number of aromatic hydroxyl groups is 7. The van der Waals surface area contributed by atoms with Crippen LogP contribution in [-0.2, 0) is 0 Å². The zero-order valence-corrected chi connectivity index (χ0v) is 45.6. The lowest BCUT2D eigenvalue weighted by atomic mass is 10.1. The number of nitrogens with zero attached hydrogens (tertiary/aromatic N) is 2. The Morgan fingerprint density at radius 1 is 0.526 bits per heavy atom. The van der Waals surface area contributed by atoms with Crippen LogP contribution in [-0.4, -0.2) is 75.6 Å². The van der Waals surface area contributed by atoms with Gasteiger partial charge in [-0.2, -0.15) is 4.73 Å². The van der Waals surface area contributed by atoms with E-state index in [0.717, 1.165) is 22.3 Å². The van der Waals surface area contributed by atoms with E-state index >= 15 is 0 Å². The molecule has 0 saturated heterocycles. The second-order valence-corrected chi connectivity index (χ2v) is 18.9. The number of nitrogens with one attached hydrogen (secondary N) is 5. The summed E-state index contributed by atoms with van der Waals surface area (Å²) in [5.41, 5.74) is 2.37. The third kappa shape index (κ3) is 21.2. The summed E-state index contributed by atoms with van der Waals surface area (Å²) in [6, 6.07) is 10.4. The Labute approximate surface area is 443 Å². The average Bonchev–Trinajstić information content (AvgIpc) is 3.34. The molecule has 22 heteroatoms. The number of rotatable bonds is 6. The minimum absolute atomic E-state index is 0.0447. The van der Waals surface area contributed by atoms with Crippen LogP contribution >= 0.6 is 11.6 Å². The highest BCUT2D eigenvalue weighted by molar-refractivity contribution is 6.31. The van der Waals surface area contributed by atoms with Gasteiger partial charge in [-0.15, -0.1) is 0 Å². The number of aromatic nitrogens is 7. The Balaban J connectivity index is 0.000000444. The molecule has 13 N–H and O–H groups in total. The van der Waals surface area contributed by atoms with E-state index in [1.54, 1.807) is 37.5 Å². The Bertz CT molecular complexity index is 3200. The topological polar surface area (TPSA) is 361 Å². The molecule has 7 aromatic heterocycles. The van der Waals surface area contributed by atoms with Gasteiger partial charge in [-0.1, -0.05) is 94.7 Å². The quantitative estimate of drug-likeness (QED) is 0.0693. The minimum atomic E-state index is -0.515. The van der Waals surface area contributed by atoms with E-state index < -0.39 is 22.2 Å². The molecule has 7 heterocycles. The van der Waals surface area contributed by atoms with Crippen molar-refractivity contribution in [3.63, 3.8) is 0 Å². The summed E-state index contributed by atoms with van der Waals surface area (Å²) in [6.45, 7) is 24.8. The zero-order chi connectivity index (χ0) is 58.3. The monoisotopic (exact) mass is 1080 g/mol. The summed E-state index contributed by atoms with van der Waals surface area (Å²) in [6.07, 6.45) is 9.66. The van der Waals surface area contributed by atoms with Crippen molar-refractivity contribution in [1.82, 2.24) is 34.6 Å². The lowest BCUT2D eigenvalue weighted by molar-refractivity contribution is 0.168. The van der Waals surface area contributed by atoms with Gasteiger partial charge >= 0.3 is 0 Å². The molecule has 0 spiro atoms. The highest BCUT2D eigenvalue weighted by Gasteiger charge is 2.12. The fraction of sp³-hybridized carbons (Fsp3) is 0.352. The molecule has 76 heavy (non-hydrogen) atoms. The molecule has 0 amide bonds. The molecule has 0 radical (unpaired) electrons.